The number of rotatable bonds is 9. The molecule has 2 aromatic rings. The molecule has 0 aliphatic rings. The van der Waals surface area contributed by atoms with Crippen molar-refractivity contribution in [2.75, 3.05) is 18.4 Å². The number of anilines is 1. The maximum Gasteiger partial charge on any atom is 0.270 e. The van der Waals surface area contributed by atoms with Gasteiger partial charge in [0.1, 0.15) is 11.5 Å². The lowest BCUT2D eigenvalue weighted by atomic mass is 10.2. The predicted octanol–water partition coefficient (Wildman–Crippen LogP) is 4.13. The first-order valence-electron chi connectivity index (χ1n) is 9.06. The lowest BCUT2D eigenvalue weighted by Crippen LogP contribution is -2.26. The third kappa shape index (κ3) is 6.18. The van der Waals surface area contributed by atoms with Gasteiger partial charge in [-0.05, 0) is 12.3 Å². The van der Waals surface area contributed by atoms with Crippen molar-refractivity contribution in [2.45, 2.75) is 40.0 Å². The number of hydrogen-bond acceptors (Lipinski definition) is 4. The first kappa shape index (κ1) is 18.9. The second-order valence-corrected chi connectivity index (χ2v) is 6.57. The first-order valence-corrected chi connectivity index (χ1v) is 9.06. The second-order valence-electron chi connectivity index (χ2n) is 6.57. The fourth-order valence-corrected chi connectivity index (χ4v) is 2.35. The van der Waals surface area contributed by atoms with E-state index in [1.807, 2.05) is 30.3 Å². The average Bonchev–Trinajstić information content (AvgIpc) is 2.64. The molecule has 25 heavy (non-hydrogen) atoms. The number of amides is 1. The zero-order valence-corrected chi connectivity index (χ0v) is 15.4. The van der Waals surface area contributed by atoms with Crippen LogP contribution in [-0.4, -0.2) is 29.0 Å². The van der Waals surface area contributed by atoms with Crippen LogP contribution in [0.25, 0.3) is 11.4 Å². The van der Waals surface area contributed by atoms with E-state index in [1.54, 1.807) is 6.07 Å². The summed E-state index contributed by atoms with van der Waals surface area (Å²) in [6.45, 7) is 7.88. The fraction of sp³-hybridized carbons (Fsp3) is 0.450. The van der Waals surface area contributed by atoms with Crippen LogP contribution >= 0.6 is 0 Å². The molecule has 0 spiro atoms. The third-order valence-electron chi connectivity index (χ3n) is 3.75. The number of nitrogens with one attached hydrogen (secondary N) is 2. The summed E-state index contributed by atoms with van der Waals surface area (Å²) in [5.74, 6) is 1.58. The van der Waals surface area contributed by atoms with E-state index in [9.17, 15) is 4.79 Å². The minimum atomic E-state index is -0.150. The highest BCUT2D eigenvalue weighted by molar-refractivity contribution is 5.93. The molecule has 0 fully saturated rings. The summed E-state index contributed by atoms with van der Waals surface area (Å²) < 4.78 is 0. The van der Waals surface area contributed by atoms with Crippen molar-refractivity contribution >= 4 is 11.7 Å². The molecule has 0 bridgehead atoms. The van der Waals surface area contributed by atoms with Gasteiger partial charge in [0.15, 0.2) is 5.82 Å². The fourth-order valence-electron chi connectivity index (χ4n) is 2.35. The van der Waals surface area contributed by atoms with E-state index in [2.05, 4.69) is 41.4 Å². The number of nitrogens with zero attached hydrogens (tertiary/aromatic N) is 2. The van der Waals surface area contributed by atoms with Crippen molar-refractivity contribution in [3.8, 4) is 11.4 Å². The number of hydrogen-bond donors (Lipinski definition) is 2. The molecule has 1 aromatic carbocycles. The van der Waals surface area contributed by atoms with Gasteiger partial charge in [0.25, 0.3) is 5.91 Å². The quantitative estimate of drug-likeness (QED) is 0.674. The monoisotopic (exact) mass is 340 g/mol. The topological polar surface area (TPSA) is 66.9 Å². The summed E-state index contributed by atoms with van der Waals surface area (Å²) in [6, 6.07) is 11.5. The molecule has 5 nitrogen and oxygen atoms in total. The Hall–Kier alpha value is -2.43. The Morgan fingerprint density at radius 2 is 1.88 bits per heavy atom. The summed E-state index contributed by atoms with van der Waals surface area (Å²) in [5, 5.41) is 6.24. The smallest absolute Gasteiger partial charge is 0.270 e. The SMILES string of the molecule is CCCCCNC(=O)c1cc(NCC(C)C)nc(-c2ccccc2)n1. The summed E-state index contributed by atoms with van der Waals surface area (Å²) in [7, 11) is 0. The molecule has 0 radical (unpaired) electrons. The van der Waals surface area contributed by atoms with Gasteiger partial charge < -0.3 is 10.6 Å². The highest BCUT2D eigenvalue weighted by atomic mass is 16.1. The van der Waals surface area contributed by atoms with Gasteiger partial charge in [-0.2, -0.15) is 0 Å². The molecule has 0 unspecified atom stereocenters. The Labute approximate surface area is 150 Å². The predicted molar refractivity (Wildman–Crippen MR) is 103 cm³/mol. The highest BCUT2D eigenvalue weighted by Gasteiger charge is 2.13. The van der Waals surface area contributed by atoms with Crippen molar-refractivity contribution in [1.29, 1.82) is 0 Å². The minimum Gasteiger partial charge on any atom is -0.370 e. The average molecular weight is 340 g/mol. The molecule has 134 valence electrons. The zero-order valence-electron chi connectivity index (χ0n) is 15.4. The van der Waals surface area contributed by atoms with E-state index in [-0.39, 0.29) is 5.91 Å². The van der Waals surface area contributed by atoms with Crippen LogP contribution in [0, 0.1) is 5.92 Å². The van der Waals surface area contributed by atoms with E-state index in [0.29, 0.717) is 29.8 Å². The van der Waals surface area contributed by atoms with Crippen LogP contribution < -0.4 is 10.6 Å². The summed E-state index contributed by atoms with van der Waals surface area (Å²) >= 11 is 0. The Morgan fingerprint density at radius 3 is 2.56 bits per heavy atom. The number of aromatic nitrogens is 2. The molecule has 0 saturated carbocycles. The number of carbonyl (C=O) groups is 1. The molecule has 0 aliphatic heterocycles. The molecule has 0 aliphatic carbocycles. The van der Waals surface area contributed by atoms with Crippen LogP contribution in [0.1, 0.15) is 50.5 Å². The van der Waals surface area contributed by atoms with Crippen LogP contribution in [0.3, 0.4) is 0 Å². The van der Waals surface area contributed by atoms with Crippen molar-refractivity contribution in [3.63, 3.8) is 0 Å². The van der Waals surface area contributed by atoms with E-state index in [1.165, 1.54) is 0 Å². The first-order chi connectivity index (χ1) is 12.1. The van der Waals surface area contributed by atoms with Gasteiger partial charge in [-0.15, -0.1) is 0 Å². The lowest BCUT2D eigenvalue weighted by molar-refractivity contribution is 0.0948. The van der Waals surface area contributed by atoms with Crippen LogP contribution in [0.4, 0.5) is 5.82 Å². The Morgan fingerprint density at radius 1 is 1.12 bits per heavy atom. The normalized spacial score (nSPS) is 10.7. The van der Waals surface area contributed by atoms with Gasteiger partial charge in [-0.1, -0.05) is 63.9 Å². The maximum atomic E-state index is 12.5. The van der Waals surface area contributed by atoms with Gasteiger partial charge >= 0.3 is 0 Å². The molecular weight excluding hydrogens is 312 g/mol. The maximum absolute atomic E-state index is 12.5. The zero-order chi connectivity index (χ0) is 18.1. The van der Waals surface area contributed by atoms with Crippen molar-refractivity contribution in [3.05, 3.63) is 42.1 Å². The molecule has 2 rings (SSSR count). The summed E-state index contributed by atoms with van der Waals surface area (Å²) in [6.07, 6.45) is 3.22. The van der Waals surface area contributed by atoms with E-state index in [0.717, 1.165) is 31.4 Å². The molecular formula is C20H28N4O. The molecule has 1 aromatic heterocycles. The van der Waals surface area contributed by atoms with Crippen LogP contribution in [-0.2, 0) is 0 Å². The lowest BCUT2D eigenvalue weighted by Gasteiger charge is -2.12. The third-order valence-corrected chi connectivity index (χ3v) is 3.75. The van der Waals surface area contributed by atoms with Crippen molar-refractivity contribution < 1.29 is 4.79 Å². The summed E-state index contributed by atoms with van der Waals surface area (Å²) in [4.78, 5) is 21.5. The molecule has 2 N–H and O–H groups in total. The standard InChI is InChI=1S/C20H28N4O/c1-4-5-9-12-21-20(25)17-13-18(22-14-15(2)3)24-19(23-17)16-10-7-6-8-11-16/h6-8,10-11,13,15H,4-5,9,12,14H2,1-3H3,(H,21,25)(H,22,23,24). The van der Waals surface area contributed by atoms with E-state index in [4.69, 9.17) is 0 Å². The highest BCUT2D eigenvalue weighted by Crippen LogP contribution is 2.18. The molecule has 5 heteroatoms. The number of benzene rings is 1. The molecule has 0 atom stereocenters. The van der Waals surface area contributed by atoms with Crippen molar-refractivity contribution in [2.24, 2.45) is 5.92 Å². The Balaban J connectivity index is 2.21. The molecule has 1 amide bonds. The van der Waals surface area contributed by atoms with Crippen LogP contribution in [0.15, 0.2) is 36.4 Å². The van der Waals surface area contributed by atoms with Gasteiger partial charge in [0.05, 0.1) is 0 Å². The molecule has 0 saturated heterocycles. The van der Waals surface area contributed by atoms with Gasteiger partial charge in [0, 0.05) is 24.7 Å². The van der Waals surface area contributed by atoms with Gasteiger partial charge in [-0.25, -0.2) is 9.97 Å². The number of unbranched alkanes of at least 4 members (excludes halogenated alkanes) is 2. The second kappa shape index (κ2) is 9.77. The minimum absolute atomic E-state index is 0.150. The van der Waals surface area contributed by atoms with E-state index >= 15 is 0 Å². The summed E-state index contributed by atoms with van der Waals surface area (Å²) in [5.41, 5.74) is 1.30. The van der Waals surface area contributed by atoms with Gasteiger partial charge in [-0.3, -0.25) is 4.79 Å². The van der Waals surface area contributed by atoms with Crippen LogP contribution in [0.2, 0.25) is 0 Å². The molecule has 1 heterocycles. The van der Waals surface area contributed by atoms with E-state index < -0.39 is 0 Å². The number of carbonyl (C=O) groups excluding carboxylic acids is 1. The Kier molecular flexibility index (Phi) is 7.38. The van der Waals surface area contributed by atoms with Gasteiger partial charge in [0.2, 0.25) is 0 Å². The van der Waals surface area contributed by atoms with Crippen LogP contribution in [0.5, 0.6) is 0 Å². The largest absolute Gasteiger partial charge is 0.370 e. The Bertz CT molecular complexity index is 671. The van der Waals surface area contributed by atoms with Crippen molar-refractivity contribution in [1.82, 2.24) is 15.3 Å².